The molecule has 33 heavy (non-hydrogen) atoms. The van der Waals surface area contributed by atoms with Gasteiger partial charge in [0.25, 0.3) is 0 Å². The summed E-state index contributed by atoms with van der Waals surface area (Å²) in [5.41, 5.74) is 2.92. The third kappa shape index (κ3) is 4.82. The zero-order chi connectivity index (χ0) is 24.1. The minimum Gasteiger partial charge on any atom is -0.493 e. The molecule has 9 heteroatoms. The highest BCUT2D eigenvalue weighted by molar-refractivity contribution is 7.80. The van der Waals surface area contributed by atoms with Crippen LogP contribution in [0.2, 0.25) is 5.02 Å². The van der Waals surface area contributed by atoms with Crippen molar-refractivity contribution in [2.24, 2.45) is 0 Å². The summed E-state index contributed by atoms with van der Waals surface area (Å²) in [5, 5.41) is 7.54. The van der Waals surface area contributed by atoms with Gasteiger partial charge in [-0.15, -0.1) is 0 Å². The fourth-order valence-electron chi connectivity index (χ4n) is 4.14. The van der Waals surface area contributed by atoms with Crippen LogP contribution in [0.15, 0.2) is 23.0 Å². The van der Waals surface area contributed by atoms with Crippen LogP contribution in [-0.4, -0.2) is 40.1 Å². The molecule has 0 bridgehead atoms. The van der Waals surface area contributed by atoms with Gasteiger partial charge in [-0.25, -0.2) is 0 Å². The minimum atomic E-state index is -0.244. The van der Waals surface area contributed by atoms with E-state index in [0.29, 0.717) is 40.2 Å². The predicted octanol–water partition coefficient (Wildman–Crippen LogP) is 4.26. The maximum absolute atomic E-state index is 12.9. The molecule has 2 aromatic rings. The number of hydrogen-bond acceptors (Lipinski definition) is 6. The Morgan fingerprint density at radius 3 is 2.39 bits per heavy atom. The van der Waals surface area contributed by atoms with Crippen LogP contribution in [0.3, 0.4) is 0 Å². The third-order valence-electron chi connectivity index (χ3n) is 5.65. The maximum atomic E-state index is 12.9. The monoisotopic (exact) mass is 492 g/mol. The van der Waals surface area contributed by atoms with E-state index in [9.17, 15) is 4.79 Å². The van der Waals surface area contributed by atoms with Crippen LogP contribution in [0.4, 0.5) is 0 Å². The number of benzene rings is 1. The molecule has 0 unspecified atom stereocenters. The first-order valence-electron chi connectivity index (χ1n) is 10.7. The minimum absolute atomic E-state index is 0.230. The van der Waals surface area contributed by atoms with Crippen molar-refractivity contribution in [1.82, 2.24) is 10.6 Å². The summed E-state index contributed by atoms with van der Waals surface area (Å²) in [6.07, 6.45) is 2.18. The lowest BCUT2D eigenvalue weighted by Gasteiger charge is -2.21. The van der Waals surface area contributed by atoms with Gasteiger partial charge in [0.15, 0.2) is 22.4 Å². The highest BCUT2D eigenvalue weighted by atomic mass is 35.5. The predicted molar refractivity (Wildman–Crippen MR) is 134 cm³/mol. The van der Waals surface area contributed by atoms with Crippen molar-refractivity contribution in [3.05, 3.63) is 44.6 Å². The van der Waals surface area contributed by atoms with Crippen molar-refractivity contribution in [3.63, 3.8) is 0 Å². The smallest absolute Gasteiger partial charge is 0.220 e. The zero-order valence-corrected chi connectivity index (χ0v) is 21.0. The van der Waals surface area contributed by atoms with Gasteiger partial charge < -0.3 is 29.6 Å². The number of rotatable bonds is 7. The second kappa shape index (κ2) is 10.9. The van der Waals surface area contributed by atoms with Gasteiger partial charge in [-0.05, 0) is 60.3 Å². The van der Waals surface area contributed by atoms with Crippen LogP contribution in [0.1, 0.15) is 36.9 Å². The second-order valence-electron chi connectivity index (χ2n) is 7.54. The molecule has 0 amide bonds. The van der Waals surface area contributed by atoms with Crippen LogP contribution in [0.5, 0.6) is 23.0 Å². The lowest BCUT2D eigenvalue weighted by Crippen LogP contribution is -2.38. The summed E-state index contributed by atoms with van der Waals surface area (Å²) in [6, 6.07) is 4.85. The summed E-state index contributed by atoms with van der Waals surface area (Å²) < 4.78 is 22.3. The largest absolute Gasteiger partial charge is 0.493 e. The summed E-state index contributed by atoms with van der Waals surface area (Å²) in [6.45, 7) is 2.82. The Morgan fingerprint density at radius 1 is 1.09 bits per heavy atom. The number of methoxy groups -OCH3 is 4. The second-order valence-corrected chi connectivity index (χ2v) is 8.32. The molecule has 0 saturated carbocycles. The molecule has 1 aliphatic rings. The fourth-order valence-corrected chi connectivity index (χ4v) is 4.73. The van der Waals surface area contributed by atoms with E-state index >= 15 is 0 Å². The number of halogens is 1. The molecule has 2 aromatic carbocycles. The molecule has 178 valence electrons. The Kier molecular flexibility index (Phi) is 8.26. The Morgan fingerprint density at radius 2 is 1.79 bits per heavy atom. The zero-order valence-electron chi connectivity index (χ0n) is 19.5. The Balaban J connectivity index is 2.34. The molecule has 1 atom stereocenters. The van der Waals surface area contributed by atoms with Gasteiger partial charge in [-0.1, -0.05) is 24.6 Å². The first-order valence-corrected chi connectivity index (χ1v) is 11.5. The number of hydrogen-bond donors (Lipinski definition) is 2. The first kappa shape index (κ1) is 24.9. The lowest BCUT2D eigenvalue weighted by molar-refractivity contribution is 0.325. The molecular weight excluding hydrogens is 464 g/mol. The van der Waals surface area contributed by atoms with E-state index in [0.717, 1.165) is 35.2 Å². The molecule has 1 aliphatic carbocycles. The molecule has 2 N–H and O–H groups in total. The van der Waals surface area contributed by atoms with Crippen molar-refractivity contribution >= 4 is 28.9 Å². The Bertz CT molecular complexity index is 1110. The van der Waals surface area contributed by atoms with Crippen molar-refractivity contribution in [3.8, 4) is 34.1 Å². The third-order valence-corrected chi connectivity index (χ3v) is 6.31. The highest BCUT2D eigenvalue weighted by Crippen LogP contribution is 2.54. The van der Waals surface area contributed by atoms with E-state index in [4.69, 9.17) is 42.8 Å². The van der Waals surface area contributed by atoms with E-state index in [1.807, 2.05) is 6.07 Å². The van der Waals surface area contributed by atoms with E-state index in [1.165, 1.54) is 21.3 Å². The van der Waals surface area contributed by atoms with Crippen molar-refractivity contribution in [2.75, 3.05) is 35.0 Å². The molecule has 0 aliphatic heterocycles. The fraction of sp³-hybridized carbons (Fsp3) is 0.417. The normalized spacial score (nSPS) is 14.3. The Hall–Kier alpha value is -2.71. The highest BCUT2D eigenvalue weighted by Gasteiger charge is 2.32. The van der Waals surface area contributed by atoms with Crippen molar-refractivity contribution in [2.45, 2.75) is 32.2 Å². The molecular formula is C24H29ClN2O5S. The summed E-state index contributed by atoms with van der Waals surface area (Å²) in [5.74, 6) is 1.52. The number of thiocarbonyl (C=S) groups is 1. The van der Waals surface area contributed by atoms with Gasteiger partial charge in [-0.3, -0.25) is 4.79 Å². The van der Waals surface area contributed by atoms with Crippen LogP contribution in [0, 0.1) is 0 Å². The van der Waals surface area contributed by atoms with Crippen LogP contribution < -0.4 is 35.0 Å². The quantitative estimate of drug-likeness (QED) is 0.555. The standard InChI is InChI=1S/C24H29ClN2O5S/c1-6-11-26-24(33)27-16-9-7-14-19(13-8-10-18(29-2)17(28)12-15(13)16)21(30-3)23(32-5)22(31-4)20(14)25/h8,10,12,16H,6-7,9,11H2,1-5H3,(H2,26,27,33)/t16-/m0/s1. The maximum Gasteiger partial charge on any atom is 0.220 e. The first-order chi connectivity index (χ1) is 15.9. The van der Waals surface area contributed by atoms with E-state index < -0.39 is 0 Å². The number of fused-ring (bicyclic) bond motifs is 3. The molecule has 0 aromatic heterocycles. The van der Waals surface area contributed by atoms with Gasteiger partial charge in [0, 0.05) is 12.1 Å². The van der Waals surface area contributed by atoms with Crippen LogP contribution >= 0.6 is 23.8 Å². The van der Waals surface area contributed by atoms with Crippen molar-refractivity contribution in [1.29, 1.82) is 0 Å². The van der Waals surface area contributed by atoms with Crippen molar-refractivity contribution < 1.29 is 18.9 Å². The molecule has 0 heterocycles. The summed E-state index contributed by atoms with van der Waals surface area (Å²) in [7, 11) is 6.11. The van der Waals surface area contributed by atoms with Gasteiger partial charge in [0.2, 0.25) is 11.2 Å². The number of ether oxygens (including phenoxy) is 4. The lowest BCUT2D eigenvalue weighted by atomic mass is 9.95. The topological polar surface area (TPSA) is 78.1 Å². The van der Waals surface area contributed by atoms with E-state index in [2.05, 4.69) is 17.6 Å². The van der Waals surface area contributed by atoms with E-state index in [-0.39, 0.29) is 17.2 Å². The molecule has 0 fully saturated rings. The molecule has 3 rings (SSSR count). The Labute approximate surface area is 204 Å². The van der Waals surface area contributed by atoms with Gasteiger partial charge >= 0.3 is 0 Å². The molecule has 0 radical (unpaired) electrons. The molecule has 7 nitrogen and oxygen atoms in total. The summed E-state index contributed by atoms with van der Waals surface area (Å²) in [4.78, 5) is 12.9. The molecule has 0 spiro atoms. The van der Waals surface area contributed by atoms with Gasteiger partial charge in [0.1, 0.15) is 0 Å². The summed E-state index contributed by atoms with van der Waals surface area (Å²) >= 11 is 12.3. The average molecular weight is 493 g/mol. The van der Waals surface area contributed by atoms with E-state index in [1.54, 1.807) is 19.2 Å². The van der Waals surface area contributed by atoms with Gasteiger partial charge in [0.05, 0.1) is 39.5 Å². The van der Waals surface area contributed by atoms with Gasteiger partial charge in [-0.2, -0.15) is 0 Å². The van der Waals surface area contributed by atoms with Crippen LogP contribution in [0.25, 0.3) is 11.1 Å². The number of nitrogens with one attached hydrogen (secondary N) is 2. The molecule has 0 saturated heterocycles. The SMILES string of the molecule is CCCNC(=S)N[C@H]1CCc2c(Cl)c(OC)c(OC)c(OC)c2-c2ccc(OC)c(=O)cc21. The van der Waals surface area contributed by atoms with Crippen LogP contribution in [-0.2, 0) is 6.42 Å². The average Bonchev–Trinajstić information content (AvgIpc) is 3.06.